The van der Waals surface area contributed by atoms with Crippen LogP contribution < -0.4 is 22.9 Å². The van der Waals surface area contributed by atoms with Gasteiger partial charge >= 0.3 is 11.9 Å². The summed E-state index contributed by atoms with van der Waals surface area (Å²) in [5.41, 5.74) is 25.8. The SMILES string of the molecule is CC(=O)[C@H]1CCC2C3CC=C4C[C@@H](O)CC[C@]4(C)C3CC[C@@]21C.CC(=O)[C@H]1CCC2C3CC[C@H]4C[C@@H](O)CC[C@]4(C)C3CC[C@@]21C.CC(=O)[C@H]1CCC2C3CC[C@H]4C[C@@H](OC(=O)[C@@H](N)C(C)C)CC[C@]4(C)C3CC[C@@]21C.CC(=O)[C@H]1CCC2C3CC[C@H]4C[C@H](O)CC[C@]4(C)C3CC[C@@]21C.CC(=O)[C@H]1CCC2C3CC[C@H]4C[C@H](OC(=O)[C@@H](N)C(C)C)CC[C@]4(C)C3CC[C@@]21C.CN.CN.Cl.Cl. The number of Topliss-reactive ketones (excluding diaryl/α,β-unsaturated/α-hetero) is 5. The van der Waals surface area contributed by atoms with Gasteiger partial charge in [-0.25, -0.2) is 0 Å². The van der Waals surface area contributed by atoms with Crippen LogP contribution in [-0.4, -0.2) is 113 Å². The zero-order valence-corrected chi connectivity index (χ0v) is 90.5. The zero-order valence-electron chi connectivity index (χ0n) is 88.9. The number of ether oxygens (including phenoxy) is 2. The van der Waals surface area contributed by atoms with Crippen molar-refractivity contribution in [2.45, 2.75) is 457 Å². The van der Waals surface area contributed by atoms with Crippen LogP contribution in [-0.2, 0) is 43.0 Å². The van der Waals surface area contributed by atoms with E-state index in [1.165, 1.54) is 181 Å². The molecule has 0 bridgehead atoms. The van der Waals surface area contributed by atoms with E-state index in [1.54, 1.807) is 5.57 Å². The Morgan fingerprint density at radius 2 is 0.533 bits per heavy atom. The van der Waals surface area contributed by atoms with E-state index in [9.17, 15) is 48.9 Å². The predicted octanol–water partition coefficient (Wildman–Crippen LogP) is 24.0. The highest BCUT2D eigenvalue weighted by Crippen LogP contribution is 2.74. The van der Waals surface area contributed by atoms with Crippen LogP contribution in [0.1, 0.15) is 414 Å². The maximum atomic E-state index is 12.4. The summed E-state index contributed by atoms with van der Waals surface area (Å²) in [6, 6.07) is -1.02. The largest absolute Gasteiger partial charge is 0.461 e. The van der Waals surface area contributed by atoms with Crippen LogP contribution >= 0.6 is 24.8 Å². The minimum Gasteiger partial charge on any atom is -0.461 e. The molecule has 0 radical (unpaired) electrons. The lowest BCUT2D eigenvalue weighted by molar-refractivity contribution is -0.165. The van der Waals surface area contributed by atoms with Gasteiger partial charge in [-0.3, -0.25) is 33.6 Å². The number of rotatable bonds is 11. The molecule has 19 saturated carbocycles. The number of allylic oxidation sites excluding steroid dienone is 1. The monoisotopic (exact) mass is 1920 g/mol. The standard InChI is InChI=1S/2C26H43NO3.2C21H34O2.C21H32O2.2CH5N.2ClH/c2*1-15(2)23(27)24(29)30-18-10-12-25(4)17(14-18)6-7-19-21-9-8-20(16(3)28)26(21,5)13-11-22(19)25;3*1-13(22)17-6-7-18-16-5-4-14-12-15(23)8-10-20(14,2)19(16)9-11-21(17,18)3;2*1-2;;/h2*15,17-23H,6-14,27H2,1-5H3;2*14-19,23H,4-12H2,1-3H3;4,15-19,23H,5-12H2,1-3H3;2*2H2,1H3;2*1H/t17-,18+,19?,20+,21?,22?,23-,25-,26+;17-,18-,19?,20+,21?,22?,23-,25-,26+;14-,15+,16?,17+,18?,19?,20-,21+;14-,15-,16?,17+,18?,19?,20-,21+;15-,16?,17+,18?,19?,20-,21+;;;;/m00000..../s1. The molecule has 0 heterocycles. The third kappa shape index (κ3) is 20.0. The lowest BCUT2D eigenvalue weighted by Gasteiger charge is -2.61. The number of halogens is 2. The molecule has 0 amide bonds. The second kappa shape index (κ2) is 43.2. The lowest BCUT2D eigenvalue weighted by atomic mass is 9.44. The Hall–Kier alpha value is -2.67. The first-order valence-corrected chi connectivity index (χ1v) is 56.1. The van der Waals surface area contributed by atoms with Crippen molar-refractivity contribution < 1.29 is 58.4 Å². The van der Waals surface area contributed by atoms with Gasteiger partial charge in [0.15, 0.2) is 0 Å². The van der Waals surface area contributed by atoms with Crippen molar-refractivity contribution in [3.63, 3.8) is 0 Å². The topological polar surface area (TPSA) is 303 Å². The number of hydrogen-bond acceptors (Lipinski definition) is 16. The highest BCUT2D eigenvalue weighted by Gasteiger charge is 2.68. The van der Waals surface area contributed by atoms with Crippen molar-refractivity contribution in [3.8, 4) is 0 Å². The minimum absolute atomic E-state index is 0. The first-order chi connectivity index (χ1) is 62.7. The fourth-order valence-corrected chi connectivity index (χ4v) is 40.1. The summed E-state index contributed by atoms with van der Waals surface area (Å²) in [5, 5.41) is 30.3. The zero-order chi connectivity index (χ0) is 96.9. The molecular weight excluding hydrogens is 1720 g/mol. The maximum Gasteiger partial charge on any atom is 0.323 e. The van der Waals surface area contributed by atoms with E-state index in [2.05, 4.69) is 86.8 Å². The first kappa shape index (κ1) is 111. The summed E-state index contributed by atoms with van der Waals surface area (Å²) in [6.07, 6.45) is 54.4. The van der Waals surface area contributed by atoms with E-state index in [0.29, 0.717) is 85.6 Å². The third-order valence-electron chi connectivity index (χ3n) is 47.6. The van der Waals surface area contributed by atoms with E-state index >= 15 is 0 Å². The maximum absolute atomic E-state index is 12.4. The molecule has 0 saturated heterocycles. The summed E-state index contributed by atoms with van der Waals surface area (Å²) in [5.74, 6) is 18.0. The van der Waals surface area contributed by atoms with Crippen LogP contribution in [0.25, 0.3) is 0 Å². The number of hydrogen-bond donors (Lipinski definition) is 7. The lowest BCUT2D eigenvalue weighted by Crippen LogP contribution is -2.54. The summed E-state index contributed by atoms with van der Waals surface area (Å²) in [7, 11) is 3.00. The second-order valence-electron chi connectivity index (χ2n) is 53.3. The van der Waals surface area contributed by atoms with E-state index < -0.39 is 12.1 Å². The van der Waals surface area contributed by atoms with Gasteiger partial charge in [-0.1, -0.05) is 109 Å². The van der Waals surface area contributed by atoms with Crippen LogP contribution in [0.4, 0.5) is 0 Å². The number of carbonyl (C=O) groups is 7. The number of fused-ring (bicyclic) bond motifs is 25. The number of aliphatic hydroxyl groups is 3. The van der Waals surface area contributed by atoms with E-state index in [0.717, 1.165) is 216 Å². The average Bonchev–Trinajstić information content (AvgIpc) is 1.67. The van der Waals surface area contributed by atoms with Gasteiger partial charge < -0.3 is 47.7 Å². The van der Waals surface area contributed by atoms with Gasteiger partial charge in [0, 0.05) is 29.6 Å². The molecule has 0 spiro atoms. The van der Waals surface area contributed by atoms with Gasteiger partial charge in [-0.05, 0) is 510 Å². The predicted molar refractivity (Wildman–Crippen MR) is 548 cm³/mol. The Kier molecular flexibility index (Phi) is 35.5. The molecule has 0 aromatic rings. The van der Waals surface area contributed by atoms with Gasteiger partial charge in [0.1, 0.15) is 53.2 Å². The molecule has 772 valence electrons. The normalized spacial score (nSPS) is 48.6. The number of aliphatic hydroxyl groups excluding tert-OH is 3. The summed E-state index contributed by atoms with van der Waals surface area (Å²) in [6.45, 7) is 41.8. The van der Waals surface area contributed by atoms with E-state index in [-0.39, 0.29) is 118 Å². The van der Waals surface area contributed by atoms with Gasteiger partial charge in [0.2, 0.25) is 0 Å². The van der Waals surface area contributed by atoms with Crippen LogP contribution in [0.15, 0.2) is 11.6 Å². The number of ketones is 5. The molecule has 20 rings (SSSR count). The van der Waals surface area contributed by atoms with Crippen molar-refractivity contribution >= 4 is 65.7 Å². The molecule has 41 atom stereocenters. The number of carbonyl (C=O) groups excluding carboxylic acids is 7. The second-order valence-corrected chi connectivity index (χ2v) is 53.3. The fraction of sp³-hybridized carbons (Fsp3) is 0.923. The van der Waals surface area contributed by atoms with Gasteiger partial charge in [0.25, 0.3) is 0 Å². The van der Waals surface area contributed by atoms with Crippen LogP contribution in [0.5, 0.6) is 0 Å². The molecule has 20 aliphatic carbocycles. The van der Waals surface area contributed by atoms with E-state index in [1.807, 2.05) is 62.3 Å². The Bertz CT molecular complexity index is 3930. The average molecular weight is 1920 g/mol. The fourth-order valence-electron chi connectivity index (χ4n) is 40.1. The molecule has 11 N–H and O–H groups in total. The summed E-state index contributed by atoms with van der Waals surface area (Å²) in [4.78, 5) is 85.9. The van der Waals surface area contributed by atoms with Crippen LogP contribution in [0.2, 0.25) is 0 Å². The summed E-state index contributed by atoms with van der Waals surface area (Å²) >= 11 is 0. The van der Waals surface area contributed by atoms with Crippen molar-refractivity contribution in [2.24, 2.45) is 231 Å². The Balaban J connectivity index is 0.000000150. The highest BCUT2D eigenvalue weighted by atomic mass is 35.5. The van der Waals surface area contributed by atoms with Crippen LogP contribution in [0, 0.1) is 208 Å². The van der Waals surface area contributed by atoms with Gasteiger partial charge in [-0.15, -0.1) is 24.8 Å². The highest BCUT2D eigenvalue weighted by molar-refractivity contribution is 5.86. The smallest absolute Gasteiger partial charge is 0.323 e. The molecule has 18 heteroatoms. The van der Waals surface area contributed by atoms with Crippen molar-refractivity contribution in [3.05, 3.63) is 11.6 Å². The number of esters is 2. The Morgan fingerprint density at radius 3 is 0.807 bits per heavy atom. The molecule has 20 aliphatic rings. The third-order valence-corrected chi connectivity index (χ3v) is 47.6. The molecule has 0 aliphatic heterocycles. The molecule has 15 unspecified atom stereocenters. The number of nitrogens with two attached hydrogens (primary N) is 4. The molecule has 19 fully saturated rings. The van der Waals surface area contributed by atoms with E-state index in [4.69, 9.17) is 20.9 Å². The molecule has 0 aromatic carbocycles. The molecule has 135 heavy (non-hydrogen) atoms. The quantitative estimate of drug-likeness (QED) is 0.0747. The molecule has 0 aromatic heterocycles. The molecular formula is C117H198Cl2N4O12. The van der Waals surface area contributed by atoms with Crippen molar-refractivity contribution in [1.29, 1.82) is 0 Å². The summed E-state index contributed by atoms with van der Waals surface area (Å²) < 4.78 is 11.7. The first-order valence-electron chi connectivity index (χ1n) is 56.1. The molecule has 16 nitrogen and oxygen atoms in total. The van der Waals surface area contributed by atoms with Crippen molar-refractivity contribution in [1.82, 2.24) is 0 Å². The van der Waals surface area contributed by atoms with Gasteiger partial charge in [-0.2, -0.15) is 0 Å². The Morgan fingerprint density at radius 1 is 0.296 bits per heavy atom. The van der Waals surface area contributed by atoms with Gasteiger partial charge in [0.05, 0.1) is 18.3 Å². The van der Waals surface area contributed by atoms with Crippen LogP contribution in [0.3, 0.4) is 0 Å². The Labute approximate surface area is 832 Å². The van der Waals surface area contributed by atoms with Crippen molar-refractivity contribution in [2.75, 3.05) is 14.1 Å². The minimum atomic E-state index is -0.512.